The van der Waals surface area contributed by atoms with Crippen molar-refractivity contribution in [2.45, 2.75) is 27.3 Å². The minimum Gasteiger partial charge on any atom is -0.494 e. The van der Waals surface area contributed by atoms with Gasteiger partial charge in [-0.1, -0.05) is 24.3 Å². The molecule has 0 fully saturated rings. The van der Waals surface area contributed by atoms with Crippen molar-refractivity contribution in [1.29, 1.82) is 0 Å². The molecule has 7 nitrogen and oxygen atoms in total. The first-order valence-electron chi connectivity index (χ1n) is 11.0. The molecule has 8 heteroatoms. The van der Waals surface area contributed by atoms with Crippen LogP contribution in [-0.4, -0.2) is 40.6 Å². The van der Waals surface area contributed by atoms with Crippen molar-refractivity contribution in [2.24, 2.45) is 0 Å². The molecule has 0 bridgehead atoms. The lowest BCUT2D eigenvalue weighted by Gasteiger charge is -2.14. The zero-order valence-corrected chi connectivity index (χ0v) is 20.7. The molecule has 1 amide bonds. The lowest BCUT2D eigenvalue weighted by atomic mass is 10.1. The Labute approximate surface area is 201 Å². The molecule has 0 unspecified atom stereocenters. The van der Waals surface area contributed by atoms with E-state index in [2.05, 4.69) is 0 Å². The van der Waals surface area contributed by atoms with Gasteiger partial charge in [-0.15, -0.1) is 11.3 Å². The standard InChI is InChI=1S/C26H27N3O4S/c1-6-33-20-13-11-19(12-14-20)29-23(30)21-17(3)22(24(31)27(4)5)34-25(21)28(26(29)32)15-18-10-8-7-9-16(18)2/h7-14H,6,15H2,1-5H3. The van der Waals surface area contributed by atoms with Crippen LogP contribution in [0.2, 0.25) is 0 Å². The smallest absolute Gasteiger partial charge is 0.337 e. The number of aryl methyl sites for hydroxylation is 2. The number of benzene rings is 2. The van der Waals surface area contributed by atoms with Crippen molar-refractivity contribution in [3.63, 3.8) is 0 Å². The first kappa shape index (κ1) is 23.5. The Hall–Kier alpha value is -3.65. The summed E-state index contributed by atoms with van der Waals surface area (Å²) in [5.74, 6) is 0.465. The number of nitrogens with zero attached hydrogens (tertiary/aromatic N) is 3. The van der Waals surface area contributed by atoms with Gasteiger partial charge in [-0.3, -0.25) is 14.2 Å². The van der Waals surface area contributed by atoms with Crippen LogP contribution in [-0.2, 0) is 6.54 Å². The fraction of sp³-hybridized carbons (Fsp3) is 0.269. The Morgan fingerprint density at radius 3 is 2.32 bits per heavy atom. The number of amides is 1. The summed E-state index contributed by atoms with van der Waals surface area (Å²) in [4.78, 5) is 42.7. The Kier molecular flexibility index (Phi) is 6.43. The third kappa shape index (κ3) is 4.05. The number of fused-ring (bicyclic) bond motifs is 1. The molecule has 0 saturated heterocycles. The average Bonchev–Trinajstić information content (AvgIpc) is 3.15. The van der Waals surface area contributed by atoms with Gasteiger partial charge in [-0.25, -0.2) is 9.36 Å². The number of carbonyl (C=O) groups is 1. The maximum Gasteiger partial charge on any atom is 0.337 e. The number of hydrogen-bond acceptors (Lipinski definition) is 5. The zero-order chi connectivity index (χ0) is 24.6. The summed E-state index contributed by atoms with van der Waals surface area (Å²) in [6, 6.07) is 14.7. The van der Waals surface area contributed by atoms with Crippen molar-refractivity contribution >= 4 is 27.5 Å². The number of ether oxygens (including phenoxy) is 1. The molecule has 4 rings (SSSR count). The van der Waals surface area contributed by atoms with E-state index in [0.29, 0.717) is 38.7 Å². The van der Waals surface area contributed by atoms with Crippen molar-refractivity contribution in [2.75, 3.05) is 20.7 Å². The highest BCUT2D eigenvalue weighted by molar-refractivity contribution is 7.20. The van der Waals surface area contributed by atoms with E-state index < -0.39 is 11.2 Å². The molecule has 0 saturated carbocycles. The predicted octanol–water partition coefficient (Wildman–Crippen LogP) is 3.98. The maximum atomic E-state index is 13.8. The number of thiophene rings is 1. The van der Waals surface area contributed by atoms with Gasteiger partial charge in [0, 0.05) is 14.1 Å². The van der Waals surface area contributed by atoms with Crippen LogP contribution in [0.5, 0.6) is 5.75 Å². The largest absolute Gasteiger partial charge is 0.494 e. The van der Waals surface area contributed by atoms with Gasteiger partial charge < -0.3 is 9.64 Å². The molecular weight excluding hydrogens is 450 g/mol. The fourth-order valence-electron chi connectivity index (χ4n) is 3.94. The lowest BCUT2D eigenvalue weighted by Crippen LogP contribution is -2.39. The van der Waals surface area contributed by atoms with Crippen LogP contribution in [0, 0.1) is 13.8 Å². The molecule has 0 atom stereocenters. The Bertz CT molecular complexity index is 1490. The quantitative estimate of drug-likeness (QED) is 0.421. The second kappa shape index (κ2) is 9.30. The van der Waals surface area contributed by atoms with E-state index in [9.17, 15) is 14.4 Å². The van der Waals surface area contributed by atoms with E-state index in [1.165, 1.54) is 20.8 Å². The van der Waals surface area contributed by atoms with Crippen LogP contribution >= 0.6 is 11.3 Å². The van der Waals surface area contributed by atoms with Crippen molar-refractivity contribution in [3.8, 4) is 11.4 Å². The first-order chi connectivity index (χ1) is 16.2. The SMILES string of the molecule is CCOc1ccc(-n2c(=O)c3c(C)c(C(=O)N(C)C)sc3n(Cc3ccccc3C)c2=O)cc1. The van der Waals surface area contributed by atoms with E-state index in [4.69, 9.17) is 4.74 Å². The first-order valence-corrected chi connectivity index (χ1v) is 11.8. The number of carbonyl (C=O) groups excluding carboxylic acids is 1. The normalized spacial score (nSPS) is 11.1. The molecule has 0 aliphatic carbocycles. The van der Waals surface area contributed by atoms with E-state index in [1.807, 2.05) is 38.1 Å². The number of hydrogen-bond donors (Lipinski definition) is 0. The molecule has 4 aromatic rings. The van der Waals surface area contributed by atoms with Crippen LogP contribution in [0.25, 0.3) is 15.9 Å². The lowest BCUT2D eigenvalue weighted by molar-refractivity contribution is 0.0831. The van der Waals surface area contributed by atoms with Crippen molar-refractivity contribution < 1.29 is 9.53 Å². The number of aromatic nitrogens is 2. The van der Waals surface area contributed by atoms with Gasteiger partial charge in [0.25, 0.3) is 11.5 Å². The average molecular weight is 478 g/mol. The predicted molar refractivity (Wildman–Crippen MR) is 136 cm³/mol. The van der Waals surface area contributed by atoms with Gasteiger partial charge >= 0.3 is 5.69 Å². The zero-order valence-electron chi connectivity index (χ0n) is 19.9. The third-order valence-electron chi connectivity index (χ3n) is 5.81. The molecule has 34 heavy (non-hydrogen) atoms. The molecular formula is C26H27N3O4S. The summed E-state index contributed by atoms with van der Waals surface area (Å²) in [6.45, 7) is 6.45. The van der Waals surface area contributed by atoms with E-state index in [1.54, 1.807) is 49.9 Å². The highest BCUT2D eigenvalue weighted by atomic mass is 32.1. The van der Waals surface area contributed by atoms with E-state index in [-0.39, 0.29) is 12.5 Å². The van der Waals surface area contributed by atoms with Crippen LogP contribution in [0.1, 0.15) is 33.3 Å². The van der Waals surface area contributed by atoms with Gasteiger partial charge in [-0.05, 0) is 61.7 Å². The summed E-state index contributed by atoms with van der Waals surface area (Å²) >= 11 is 1.19. The van der Waals surface area contributed by atoms with Crippen LogP contribution in [0.15, 0.2) is 58.1 Å². The fourth-order valence-corrected chi connectivity index (χ4v) is 5.25. The van der Waals surface area contributed by atoms with Crippen LogP contribution < -0.4 is 16.0 Å². The molecule has 0 radical (unpaired) electrons. The van der Waals surface area contributed by atoms with Crippen molar-refractivity contribution in [3.05, 3.63) is 90.9 Å². The maximum absolute atomic E-state index is 13.8. The Balaban J connectivity index is 2.04. The van der Waals surface area contributed by atoms with Crippen LogP contribution in [0.4, 0.5) is 0 Å². The molecule has 0 aliphatic rings. The molecule has 0 N–H and O–H groups in total. The molecule has 2 aromatic carbocycles. The molecule has 2 heterocycles. The van der Waals surface area contributed by atoms with E-state index >= 15 is 0 Å². The highest BCUT2D eigenvalue weighted by Crippen LogP contribution is 2.29. The molecule has 176 valence electrons. The topological polar surface area (TPSA) is 73.5 Å². The Morgan fingerprint density at radius 2 is 1.71 bits per heavy atom. The molecule has 0 aliphatic heterocycles. The summed E-state index contributed by atoms with van der Waals surface area (Å²) in [5.41, 5.74) is 2.16. The van der Waals surface area contributed by atoms with Gasteiger partial charge in [-0.2, -0.15) is 0 Å². The Morgan fingerprint density at radius 1 is 1.03 bits per heavy atom. The minimum atomic E-state index is -0.449. The summed E-state index contributed by atoms with van der Waals surface area (Å²) < 4.78 is 8.28. The summed E-state index contributed by atoms with van der Waals surface area (Å²) in [7, 11) is 3.34. The van der Waals surface area contributed by atoms with Gasteiger partial charge in [0.1, 0.15) is 10.6 Å². The van der Waals surface area contributed by atoms with E-state index in [0.717, 1.165) is 11.1 Å². The number of rotatable bonds is 6. The molecule has 0 spiro atoms. The summed E-state index contributed by atoms with van der Waals surface area (Å²) in [5, 5.41) is 0.386. The van der Waals surface area contributed by atoms with Gasteiger partial charge in [0.2, 0.25) is 0 Å². The third-order valence-corrected chi connectivity index (χ3v) is 7.11. The van der Waals surface area contributed by atoms with Crippen LogP contribution in [0.3, 0.4) is 0 Å². The van der Waals surface area contributed by atoms with Crippen molar-refractivity contribution in [1.82, 2.24) is 14.0 Å². The summed E-state index contributed by atoms with van der Waals surface area (Å²) in [6.07, 6.45) is 0. The molecule has 2 aromatic heterocycles. The highest BCUT2D eigenvalue weighted by Gasteiger charge is 2.24. The van der Waals surface area contributed by atoms with Gasteiger partial charge in [0.15, 0.2) is 0 Å². The second-order valence-electron chi connectivity index (χ2n) is 8.30. The second-order valence-corrected chi connectivity index (χ2v) is 9.30. The minimum absolute atomic E-state index is 0.194. The monoisotopic (exact) mass is 477 g/mol. The van der Waals surface area contributed by atoms with Gasteiger partial charge in [0.05, 0.1) is 29.1 Å².